The van der Waals surface area contributed by atoms with Crippen LogP contribution in [0.5, 0.6) is 11.5 Å². The normalized spacial score (nSPS) is 19.9. The Balaban J connectivity index is 1.83. The van der Waals surface area contributed by atoms with E-state index in [1.807, 2.05) is 6.92 Å². The topological polar surface area (TPSA) is 48.0 Å². The van der Waals surface area contributed by atoms with E-state index >= 15 is 0 Å². The number of ether oxygens (including phenoxy) is 3. The van der Waals surface area contributed by atoms with Crippen molar-refractivity contribution in [3.8, 4) is 11.5 Å². The lowest BCUT2D eigenvalue weighted by molar-refractivity contribution is -0.0692. The summed E-state index contributed by atoms with van der Waals surface area (Å²) in [6.45, 7) is 2.80. The van der Waals surface area contributed by atoms with Crippen molar-refractivity contribution in [1.82, 2.24) is 4.90 Å². The molecule has 0 saturated carbocycles. The molecule has 138 valence electrons. The van der Waals surface area contributed by atoms with Gasteiger partial charge >= 0.3 is 0 Å². The van der Waals surface area contributed by atoms with Gasteiger partial charge < -0.3 is 19.1 Å². The van der Waals surface area contributed by atoms with Crippen molar-refractivity contribution in [2.24, 2.45) is 0 Å². The fourth-order valence-electron chi connectivity index (χ4n) is 3.09. The number of benzene rings is 2. The zero-order valence-electron chi connectivity index (χ0n) is 15.1. The molecule has 1 saturated heterocycles. The second-order valence-corrected chi connectivity index (χ2v) is 6.30. The molecule has 0 radical (unpaired) electrons. The second kappa shape index (κ2) is 7.74. The third-order valence-electron chi connectivity index (χ3n) is 4.39. The first-order valence-corrected chi connectivity index (χ1v) is 8.43. The lowest BCUT2D eigenvalue weighted by atomic mass is 10.1. The molecule has 2 aromatic carbocycles. The predicted molar refractivity (Wildman–Crippen MR) is 95.1 cm³/mol. The van der Waals surface area contributed by atoms with Gasteiger partial charge in [-0.15, -0.1) is 0 Å². The Morgan fingerprint density at radius 2 is 1.69 bits per heavy atom. The Labute approximate surface area is 152 Å². The molecule has 1 aliphatic rings. The van der Waals surface area contributed by atoms with Gasteiger partial charge in [0.05, 0.1) is 26.9 Å². The molecular weight excluding hydrogens is 337 g/mol. The number of halogens is 1. The van der Waals surface area contributed by atoms with Gasteiger partial charge in [-0.1, -0.05) is 12.1 Å². The first-order chi connectivity index (χ1) is 12.5. The van der Waals surface area contributed by atoms with Crippen LogP contribution in [0.2, 0.25) is 0 Å². The maximum atomic E-state index is 13.2. The maximum absolute atomic E-state index is 13.2. The van der Waals surface area contributed by atoms with Gasteiger partial charge in [-0.3, -0.25) is 4.79 Å². The van der Waals surface area contributed by atoms with Crippen molar-refractivity contribution in [3.63, 3.8) is 0 Å². The molecule has 1 aliphatic heterocycles. The van der Waals surface area contributed by atoms with Crippen LogP contribution in [0.15, 0.2) is 42.5 Å². The van der Waals surface area contributed by atoms with Gasteiger partial charge in [0.2, 0.25) is 0 Å². The third kappa shape index (κ3) is 3.96. The van der Waals surface area contributed by atoms with Crippen LogP contribution in [-0.4, -0.2) is 44.2 Å². The highest BCUT2D eigenvalue weighted by Gasteiger charge is 2.30. The molecule has 1 fully saturated rings. The van der Waals surface area contributed by atoms with Crippen molar-refractivity contribution in [2.75, 3.05) is 27.3 Å². The van der Waals surface area contributed by atoms with Gasteiger partial charge in [-0.2, -0.15) is 0 Å². The number of carbonyl (C=O) groups is 1. The van der Waals surface area contributed by atoms with Crippen molar-refractivity contribution in [3.05, 3.63) is 59.4 Å². The lowest BCUT2D eigenvalue weighted by Gasteiger charge is -2.37. The average Bonchev–Trinajstić information content (AvgIpc) is 2.67. The number of hydrogen-bond donors (Lipinski definition) is 0. The molecule has 2 aromatic rings. The van der Waals surface area contributed by atoms with E-state index in [4.69, 9.17) is 14.2 Å². The molecule has 0 aromatic heterocycles. The zero-order valence-corrected chi connectivity index (χ0v) is 15.1. The lowest BCUT2D eigenvalue weighted by Crippen LogP contribution is -2.46. The van der Waals surface area contributed by atoms with E-state index in [0.717, 1.165) is 5.56 Å². The molecule has 0 spiro atoms. The Kier molecular flexibility index (Phi) is 5.42. The SMILES string of the molecule is COc1cc(OC)cc(C(=O)N2CC(C)OC(c3ccc(F)cc3)C2)c1. The number of morpholine rings is 1. The average molecular weight is 359 g/mol. The molecule has 0 bridgehead atoms. The largest absolute Gasteiger partial charge is 0.497 e. The summed E-state index contributed by atoms with van der Waals surface area (Å²) in [5.41, 5.74) is 1.34. The van der Waals surface area contributed by atoms with Crippen LogP contribution in [0.4, 0.5) is 4.39 Å². The number of nitrogens with zero attached hydrogens (tertiary/aromatic N) is 1. The Hall–Kier alpha value is -2.60. The van der Waals surface area contributed by atoms with Crippen molar-refractivity contribution in [2.45, 2.75) is 19.1 Å². The molecule has 1 heterocycles. The molecule has 26 heavy (non-hydrogen) atoms. The molecule has 1 amide bonds. The highest BCUT2D eigenvalue weighted by atomic mass is 19.1. The molecule has 3 rings (SSSR count). The summed E-state index contributed by atoms with van der Waals surface area (Å²) in [6.07, 6.45) is -0.425. The van der Waals surface area contributed by atoms with Crippen LogP contribution in [-0.2, 0) is 4.74 Å². The Bertz CT molecular complexity index is 756. The van der Waals surface area contributed by atoms with Gasteiger partial charge in [0.25, 0.3) is 5.91 Å². The molecule has 2 atom stereocenters. The third-order valence-corrected chi connectivity index (χ3v) is 4.39. The number of carbonyl (C=O) groups excluding carboxylic acids is 1. The van der Waals surface area contributed by atoms with E-state index < -0.39 is 0 Å². The summed E-state index contributed by atoms with van der Waals surface area (Å²) in [5.74, 6) is 0.701. The van der Waals surface area contributed by atoms with Crippen molar-refractivity contribution < 1.29 is 23.4 Å². The fraction of sp³-hybridized carbons (Fsp3) is 0.350. The summed E-state index contributed by atoms with van der Waals surface area (Å²) < 4.78 is 29.6. The molecule has 0 aliphatic carbocycles. The summed E-state index contributed by atoms with van der Waals surface area (Å²) in [6, 6.07) is 11.3. The van der Waals surface area contributed by atoms with Gasteiger partial charge in [0.15, 0.2) is 0 Å². The Morgan fingerprint density at radius 1 is 1.08 bits per heavy atom. The standard InChI is InChI=1S/C20H22FNO4/c1-13-11-22(12-19(26-13)14-4-6-16(21)7-5-14)20(23)15-8-17(24-2)10-18(9-15)25-3/h4-10,13,19H,11-12H2,1-3H3. The van der Waals surface area contributed by atoms with Gasteiger partial charge in [-0.05, 0) is 36.8 Å². The maximum Gasteiger partial charge on any atom is 0.254 e. The quantitative estimate of drug-likeness (QED) is 0.839. The van der Waals surface area contributed by atoms with Crippen molar-refractivity contribution >= 4 is 5.91 Å². The number of amides is 1. The summed E-state index contributed by atoms with van der Waals surface area (Å²) in [5, 5.41) is 0. The van der Waals surface area contributed by atoms with Crippen molar-refractivity contribution in [1.29, 1.82) is 0 Å². The number of rotatable bonds is 4. The minimum Gasteiger partial charge on any atom is -0.497 e. The molecule has 6 heteroatoms. The van der Waals surface area contributed by atoms with E-state index in [1.165, 1.54) is 12.1 Å². The predicted octanol–water partition coefficient (Wildman–Crippen LogP) is 3.45. The smallest absolute Gasteiger partial charge is 0.254 e. The van der Waals surface area contributed by atoms with E-state index in [2.05, 4.69) is 0 Å². The van der Waals surface area contributed by atoms with Gasteiger partial charge in [0.1, 0.15) is 23.4 Å². The first-order valence-electron chi connectivity index (χ1n) is 8.43. The number of hydrogen-bond acceptors (Lipinski definition) is 4. The molecule has 2 unspecified atom stereocenters. The number of methoxy groups -OCH3 is 2. The van der Waals surface area contributed by atoms with E-state index in [-0.39, 0.29) is 23.9 Å². The van der Waals surface area contributed by atoms with Gasteiger partial charge in [0, 0.05) is 18.2 Å². The summed E-state index contributed by atoms with van der Waals surface area (Å²) in [7, 11) is 3.09. The van der Waals surface area contributed by atoms with E-state index in [9.17, 15) is 9.18 Å². The van der Waals surface area contributed by atoms with Crippen LogP contribution in [0, 0.1) is 5.82 Å². The zero-order chi connectivity index (χ0) is 18.7. The second-order valence-electron chi connectivity index (χ2n) is 6.30. The van der Waals surface area contributed by atoms with Crippen LogP contribution >= 0.6 is 0 Å². The molecule has 5 nitrogen and oxygen atoms in total. The Morgan fingerprint density at radius 3 is 2.27 bits per heavy atom. The van der Waals surface area contributed by atoms with Crippen LogP contribution in [0.3, 0.4) is 0 Å². The minimum absolute atomic E-state index is 0.121. The minimum atomic E-state index is -0.297. The van der Waals surface area contributed by atoms with Crippen LogP contribution < -0.4 is 9.47 Å². The van der Waals surface area contributed by atoms with E-state index in [1.54, 1.807) is 49.5 Å². The van der Waals surface area contributed by atoms with E-state index in [0.29, 0.717) is 30.2 Å². The summed E-state index contributed by atoms with van der Waals surface area (Å²) >= 11 is 0. The van der Waals surface area contributed by atoms with Crippen LogP contribution in [0.25, 0.3) is 0 Å². The molecular formula is C20H22FNO4. The highest BCUT2D eigenvalue weighted by molar-refractivity contribution is 5.95. The van der Waals surface area contributed by atoms with Gasteiger partial charge in [-0.25, -0.2) is 4.39 Å². The summed E-state index contributed by atoms with van der Waals surface area (Å²) in [4.78, 5) is 14.8. The first kappa shape index (κ1) is 18.2. The van der Waals surface area contributed by atoms with Crippen LogP contribution in [0.1, 0.15) is 28.9 Å². The monoisotopic (exact) mass is 359 g/mol. The molecule has 0 N–H and O–H groups in total. The highest BCUT2D eigenvalue weighted by Crippen LogP contribution is 2.28. The fourth-order valence-corrected chi connectivity index (χ4v) is 3.09.